The van der Waals surface area contributed by atoms with E-state index >= 15 is 0 Å². The molecule has 17 heavy (non-hydrogen) atoms. The minimum absolute atomic E-state index is 0.493. The lowest BCUT2D eigenvalue weighted by molar-refractivity contribution is 0.150. The highest BCUT2D eigenvalue weighted by Gasteiger charge is 2.14. The maximum absolute atomic E-state index is 9.96. The van der Waals surface area contributed by atoms with Crippen LogP contribution in [0, 0.1) is 0 Å². The summed E-state index contributed by atoms with van der Waals surface area (Å²) in [7, 11) is 0. The van der Waals surface area contributed by atoms with Crippen LogP contribution in [0.3, 0.4) is 0 Å². The fraction of sp³-hybridized carbons (Fsp3) is 0.154. The number of aromatic nitrogens is 1. The molecule has 2 heterocycles. The highest BCUT2D eigenvalue weighted by Crippen LogP contribution is 2.26. The van der Waals surface area contributed by atoms with E-state index in [1.54, 1.807) is 29.7 Å². The third kappa shape index (κ3) is 2.09. The van der Waals surface area contributed by atoms with Gasteiger partial charge in [-0.05, 0) is 24.3 Å². The molecule has 1 aromatic carbocycles. The number of hydrogen-bond donors (Lipinski definition) is 1. The largest absolute Gasteiger partial charge is 0.467 e. The van der Waals surface area contributed by atoms with E-state index in [0.29, 0.717) is 12.2 Å². The standard InChI is InChI=1S/C13H11NO2S/c15-10(11-5-3-7-16-11)8-13-14-9-4-1-2-6-12(9)17-13/h1-7,10,15H,8H2/t10-/m0/s1. The third-order valence-electron chi connectivity index (χ3n) is 2.58. The van der Waals surface area contributed by atoms with Crippen LogP contribution in [0.2, 0.25) is 0 Å². The Morgan fingerprint density at radius 3 is 2.88 bits per heavy atom. The third-order valence-corrected chi connectivity index (χ3v) is 3.64. The van der Waals surface area contributed by atoms with Gasteiger partial charge in [-0.15, -0.1) is 11.3 Å². The molecule has 86 valence electrons. The summed E-state index contributed by atoms with van der Waals surface area (Å²) in [4.78, 5) is 4.48. The average Bonchev–Trinajstić information content (AvgIpc) is 2.97. The van der Waals surface area contributed by atoms with E-state index in [-0.39, 0.29) is 0 Å². The lowest BCUT2D eigenvalue weighted by Crippen LogP contribution is -1.99. The van der Waals surface area contributed by atoms with Gasteiger partial charge in [-0.2, -0.15) is 0 Å². The maximum Gasteiger partial charge on any atom is 0.132 e. The molecule has 0 aliphatic rings. The van der Waals surface area contributed by atoms with Crippen molar-refractivity contribution in [3.05, 3.63) is 53.4 Å². The summed E-state index contributed by atoms with van der Waals surface area (Å²) in [6.45, 7) is 0. The van der Waals surface area contributed by atoms with Gasteiger partial charge in [-0.1, -0.05) is 12.1 Å². The smallest absolute Gasteiger partial charge is 0.132 e. The second-order valence-corrected chi connectivity index (χ2v) is 4.93. The molecule has 3 rings (SSSR count). The summed E-state index contributed by atoms with van der Waals surface area (Å²) in [6, 6.07) is 11.5. The fourth-order valence-corrected chi connectivity index (χ4v) is 2.76. The molecule has 0 spiro atoms. The maximum atomic E-state index is 9.96. The van der Waals surface area contributed by atoms with Gasteiger partial charge in [-0.25, -0.2) is 4.98 Å². The first-order chi connectivity index (χ1) is 8.33. The van der Waals surface area contributed by atoms with Crippen molar-refractivity contribution in [3.8, 4) is 0 Å². The molecule has 0 bridgehead atoms. The number of benzene rings is 1. The van der Waals surface area contributed by atoms with Crippen LogP contribution in [0.4, 0.5) is 0 Å². The molecule has 0 fully saturated rings. The Labute approximate surface area is 102 Å². The van der Waals surface area contributed by atoms with Crippen LogP contribution in [0.15, 0.2) is 47.1 Å². The molecule has 0 unspecified atom stereocenters. The van der Waals surface area contributed by atoms with E-state index < -0.39 is 6.10 Å². The zero-order valence-electron chi connectivity index (χ0n) is 9.04. The lowest BCUT2D eigenvalue weighted by Gasteiger charge is -2.03. The van der Waals surface area contributed by atoms with Gasteiger partial charge >= 0.3 is 0 Å². The van der Waals surface area contributed by atoms with E-state index in [2.05, 4.69) is 4.98 Å². The van der Waals surface area contributed by atoms with Crippen LogP contribution in [-0.2, 0) is 6.42 Å². The zero-order valence-corrected chi connectivity index (χ0v) is 9.85. The van der Waals surface area contributed by atoms with Gasteiger partial charge in [0.25, 0.3) is 0 Å². The minimum atomic E-state index is -0.620. The van der Waals surface area contributed by atoms with E-state index in [9.17, 15) is 5.11 Å². The van der Waals surface area contributed by atoms with Crippen LogP contribution in [0.25, 0.3) is 10.2 Å². The quantitative estimate of drug-likeness (QED) is 0.771. The van der Waals surface area contributed by atoms with Gasteiger partial charge in [0.15, 0.2) is 0 Å². The molecule has 3 nitrogen and oxygen atoms in total. The van der Waals surface area contributed by atoms with Gasteiger partial charge < -0.3 is 9.52 Å². The number of fused-ring (bicyclic) bond motifs is 1. The Bertz CT molecular complexity index is 582. The van der Waals surface area contributed by atoms with Gasteiger partial charge in [0, 0.05) is 6.42 Å². The summed E-state index contributed by atoms with van der Waals surface area (Å²) in [6.07, 6.45) is 1.44. The summed E-state index contributed by atoms with van der Waals surface area (Å²) in [5.74, 6) is 0.587. The van der Waals surface area contributed by atoms with Crippen molar-refractivity contribution in [2.75, 3.05) is 0 Å². The number of hydrogen-bond acceptors (Lipinski definition) is 4. The van der Waals surface area contributed by atoms with Crippen LogP contribution in [-0.4, -0.2) is 10.1 Å². The number of nitrogens with zero attached hydrogens (tertiary/aromatic N) is 1. The SMILES string of the molecule is O[C@@H](Cc1nc2ccccc2s1)c1ccco1. The molecule has 2 aromatic heterocycles. The first-order valence-corrected chi connectivity index (χ1v) is 6.20. The molecule has 4 heteroatoms. The summed E-state index contributed by atoms with van der Waals surface area (Å²) < 4.78 is 6.32. The summed E-state index contributed by atoms with van der Waals surface area (Å²) >= 11 is 1.61. The van der Waals surface area contributed by atoms with Gasteiger partial charge in [0.2, 0.25) is 0 Å². The number of rotatable bonds is 3. The first kappa shape index (κ1) is 10.5. The van der Waals surface area contributed by atoms with Crippen molar-refractivity contribution in [2.24, 2.45) is 0 Å². The molecule has 0 amide bonds. The second kappa shape index (κ2) is 4.31. The van der Waals surface area contributed by atoms with Gasteiger partial charge in [-0.3, -0.25) is 0 Å². The van der Waals surface area contributed by atoms with E-state index in [1.165, 1.54) is 0 Å². The van der Waals surface area contributed by atoms with E-state index in [4.69, 9.17) is 4.42 Å². The number of aliphatic hydroxyl groups is 1. The lowest BCUT2D eigenvalue weighted by atomic mass is 10.2. The highest BCUT2D eigenvalue weighted by molar-refractivity contribution is 7.18. The fourth-order valence-electron chi connectivity index (χ4n) is 1.75. The van der Waals surface area contributed by atoms with Crippen molar-refractivity contribution in [1.29, 1.82) is 0 Å². The number of thiazole rings is 1. The van der Waals surface area contributed by atoms with Crippen LogP contribution in [0.1, 0.15) is 16.9 Å². The first-order valence-electron chi connectivity index (χ1n) is 5.39. The molecule has 0 saturated heterocycles. The molecular weight excluding hydrogens is 234 g/mol. The topological polar surface area (TPSA) is 46.3 Å². The Morgan fingerprint density at radius 1 is 1.24 bits per heavy atom. The molecule has 0 saturated carbocycles. The number of para-hydroxylation sites is 1. The second-order valence-electron chi connectivity index (χ2n) is 3.81. The Kier molecular flexibility index (Phi) is 2.66. The van der Waals surface area contributed by atoms with Crippen molar-refractivity contribution in [2.45, 2.75) is 12.5 Å². The summed E-state index contributed by atoms with van der Waals surface area (Å²) in [5.41, 5.74) is 0.985. The zero-order chi connectivity index (χ0) is 11.7. The summed E-state index contributed by atoms with van der Waals surface area (Å²) in [5, 5.41) is 10.9. The number of furan rings is 1. The van der Waals surface area contributed by atoms with Crippen LogP contribution < -0.4 is 0 Å². The van der Waals surface area contributed by atoms with Crippen LogP contribution in [0.5, 0.6) is 0 Å². The van der Waals surface area contributed by atoms with Gasteiger partial charge in [0.1, 0.15) is 11.9 Å². The number of aliphatic hydroxyl groups excluding tert-OH is 1. The Hall–Kier alpha value is -1.65. The highest BCUT2D eigenvalue weighted by atomic mass is 32.1. The molecule has 1 atom stereocenters. The van der Waals surface area contributed by atoms with Gasteiger partial charge in [0.05, 0.1) is 21.5 Å². The molecular formula is C13H11NO2S. The Balaban J connectivity index is 1.85. The predicted octanol–water partition coefficient (Wildman–Crippen LogP) is 3.17. The molecule has 0 radical (unpaired) electrons. The monoisotopic (exact) mass is 245 g/mol. The van der Waals surface area contributed by atoms with E-state index in [1.807, 2.05) is 24.3 Å². The predicted molar refractivity (Wildman–Crippen MR) is 67.0 cm³/mol. The molecule has 0 aliphatic heterocycles. The molecule has 3 aromatic rings. The normalized spacial score (nSPS) is 13.0. The van der Waals surface area contributed by atoms with Crippen molar-refractivity contribution >= 4 is 21.6 Å². The minimum Gasteiger partial charge on any atom is -0.467 e. The van der Waals surface area contributed by atoms with E-state index in [0.717, 1.165) is 15.2 Å². The van der Waals surface area contributed by atoms with Crippen molar-refractivity contribution < 1.29 is 9.52 Å². The van der Waals surface area contributed by atoms with Crippen molar-refractivity contribution in [3.63, 3.8) is 0 Å². The Morgan fingerprint density at radius 2 is 2.12 bits per heavy atom. The van der Waals surface area contributed by atoms with Crippen molar-refractivity contribution in [1.82, 2.24) is 4.98 Å². The molecule has 0 aliphatic carbocycles. The average molecular weight is 245 g/mol. The van der Waals surface area contributed by atoms with Crippen LogP contribution >= 0.6 is 11.3 Å². The molecule has 1 N–H and O–H groups in total.